The SMILES string of the molecule is O=C(COC(=O)[C@H]1CC=CCC1)NCc1ccccc1Cl. The molecule has 0 saturated carbocycles. The van der Waals surface area contributed by atoms with Gasteiger partial charge in [-0.25, -0.2) is 0 Å². The minimum Gasteiger partial charge on any atom is -0.455 e. The monoisotopic (exact) mass is 307 g/mol. The zero-order valence-electron chi connectivity index (χ0n) is 11.7. The van der Waals surface area contributed by atoms with Crippen molar-refractivity contribution in [2.45, 2.75) is 25.8 Å². The topological polar surface area (TPSA) is 55.4 Å². The fraction of sp³-hybridized carbons (Fsp3) is 0.375. The summed E-state index contributed by atoms with van der Waals surface area (Å²) in [6.45, 7) is 0.0751. The van der Waals surface area contributed by atoms with E-state index in [1.165, 1.54) is 0 Å². The number of allylic oxidation sites excluding steroid dienone is 2. The molecule has 5 heteroatoms. The molecule has 1 N–H and O–H groups in total. The van der Waals surface area contributed by atoms with E-state index in [0.29, 0.717) is 18.0 Å². The normalized spacial score (nSPS) is 17.3. The van der Waals surface area contributed by atoms with E-state index in [1.54, 1.807) is 6.07 Å². The lowest BCUT2D eigenvalue weighted by Gasteiger charge is -2.16. The van der Waals surface area contributed by atoms with Gasteiger partial charge in [-0.1, -0.05) is 42.0 Å². The predicted octanol–water partition coefficient (Wildman–Crippen LogP) is 2.86. The predicted molar refractivity (Wildman–Crippen MR) is 80.7 cm³/mol. The summed E-state index contributed by atoms with van der Waals surface area (Å²) in [4.78, 5) is 23.4. The van der Waals surface area contributed by atoms with Crippen molar-refractivity contribution in [1.82, 2.24) is 5.32 Å². The van der Waals surface area contributed by atoms with Crippen molar-refractivity contribution in [2.75, 3.05) is 6.61 Å². The van der Waals surface area contributed by atoms with Gasteiger partial charge >= 0.3 is 5.97 Å². The molecule has 2 rings (SSSR count). The quantitative estimate of drug-likeness (QED) is 0.672. The third-order valence-electron chi connectivity index (χ3n) is 3.38. The van der Waals surface area contributed by atoms with Crippen molar-refractivity contribution in [3.63, 3.8) is 0 Å². The second kappa shape index (κ2) is 7.84. The molecule has 1 aliphatic carbocycles. The van der Waals surface area contributed by atoms with Gasteiger partial charge in [0.05, 0.1) is 5.92 Å². The molecule has 1 atom stereocenters. The van der Waals surface area contributed by atoms with Gasteiger partial charge in [-0.05, 0) is 30.9 Å². The van der Waals surface area contributed by atoms with Crippen molar-refractivity contribution in [1.29, 1.82) is 0 Å². The molecule has 0 aromatic heterocycles. The van der Waals surface area contributed by atoms with Crippen LogP contribution < -0.4 is 5.32 Å². The van der Waals surface area contributed by atoms with Gasteiger partial charge in [0.1, 0.15) is 0 Å². The molecular weight excluding hydrogens is 290 g/mol. The second-order valence-corrected chi connectivity index (χ2v) is 5.36. The Morgan fingerprint density at radius 3 is 2.81 bits per heavy atom. The summed E-state index contributed by atoms with van der Waals surface area (Å²) in [5, 5.41) is 3.28. The largest absolute Gasteiger partial charge is 0.455 e. The van der Waals surface area contributed by atoms with Gasteiger partial charge in [-0.15, -0.1) is 0 Å². The van der Waals surface area contributed by atoms with Crippen LogP contribution in [0.2, 0.25) is 5.02 Å². The highest BCUT2D eigenvalue weighted by atomic mass is 35.5. The number of hydrogen-bond donors (Lipinski definition) is 1. The number of esters is 1. The van der Waals surface area contributed by atoms with Gasteiger partial charge in [-0.3, -0.25) is 9.59 Å². The Morgan fingerprint density at radius 2 is 2.10 bits per heavy atom. The van der Waals surface area contributed by atoms with E-state index in [-0.39, 0.29) is 24.4 Å². The summed E-state index contributed by atoms with van der Waals surface area (Å²) >= 11 is 5.99. The van der Waals surface area contributed by atoms with Gasteiger partial charge in [0, 0.05) is 11.6 Å². The van der Waals surface area contributed by atoms with E-state index in [0.717, 1.165) is 18.4 Å². The number of carbonyl (C=O) groups is 2. The number of benzene rings is 1. The molecule has 1 aromatic rings. The molecule has 1 aliphatic rings. The lowest BCUT2D eigenvalue weighted by atomic mass is 9.95. The number of nitrogens with one attached hydrogen (secondary N) is 1. The molecule has 0 heterocycles. The number of amides is 1. The second-order valence-electron chi connectivity index (χ2n) is 4.96. The van der Waals surface area contributed by atoms with E-state index in [9.17, 15) is 9.59 Å². The molecule has 0 fully saturated rings. The van der Waals surface area contributed by atoms with Crippen LogP contribution in [-0.4, -0.2) is 18.5 Å². The molecule has 0 bridgehead atoms. The summed E-state index contributed by atoms with van der Waals surface area (Å²) in [7, 11) is 0. The Bertz CT molecular complexity index is 542. The Hall–Kier alpha value is -1.81. The first kappa shape index (κ1) is 15.6. The molecule has 0 saturated heterocycles. The molecule has 0 unspecified atom stereocenters. The smallest absolute Gasteiger partial charge is 0.309 e. The van der Waals surface area contributed by atoms with Gasteiger partial charge in [0.25, 0.3) is 5.91 Å². The minimum atomic E-state index is -0.324. The number of carbonyl (C=O) groups excluding carboxylic acids is 2. The highest BCUT2D eigenvalue weighted by Gasteiger charge is 2.20. The lowest BCUT2D eigenvalue weighted by Crippen LogP contribution is -2.30. The Kier molecular flexibility index (Phi) is 5.81. The molecule has 21 heavy (non-hydrogen) atoms. The van der Waals surface area contributed by atoms with E-state index in [2.05, 4.69) is 11.4 Å². The number of rotatable bonds is 5. The van der Waals surface area contributed by atoms with Crippen LogP contribution in [0, 0.1) is 5.92 Å². The Labute approximate surface area is 129 Å². The highest BCUT2D eigenvalue weighted by Crippen LogP contribution is 2.19. The Morgan fingerprint density at radius 1 is 1.29 bits per heavy atom. The van der Waals surface area contributed by atoms with Gasteiger partial charge in [0.15, 0.2) is 6.61 Å². The van der Waals surface area contributed by atoms with E-state index in [4.69, 9.17) is 16.3 Å². The summed E-state index contributed by atoms with van der Waals surface area (Å²) in [5.41, 5.74) is 0.830. The van der Waals surface area contributed by atoms with Crippen molar-refractivity contribution in [2.24, 2.45) is 5.92 Å². The van der Waals surface area contributed by atoms with Gasteiger partial charge in [0.2, 0.25) is 0 Å². The van der Waals surface area contributed by atoms with Gasteiger partial charge < -0.3 is 10.1 Å². The fourth-order valence-corrected chi connectivity index (χ4v) is 2.35. The minimum absolute atomic E-state index is 0.119. The summed E-state index contributed by atoms with van der Waals surface area (Å²) < 4.78 is 5.04. The summed E-state index contributed by atoms with van der Waals surface area (Å²) in [6.07, 6.45) is 6.40. The molecule has 1 amide bonds. The lowest BCUT2D eigenvalue weighted by molar-refractivity contribution is -0.152. The first-order valence-electron chi connectivity index (χ1n) is 6.98. The third-order valence-corrected chi connectivity index (χ3v) is 3.75. The van der Waals surface area contributed by atoms with Crippen LogP contribution in [0.5, 0.6) is 0 Å². The maximum absolute atomic E-state index is 11.8. The number of ether oxygens (including phenoxy) is 1. The van der Waals surface area contributed by atoms with Crippen LogP contribution in [-0.2, 0) is 20.9 Å². The third kappa shape index (κ3) is 4.90. The van der Waals surface area contributed by atoms with Crippen LogP contribution in [0.4, 0.5) is 0 Å². The Balaban J connectivity index is 1.71. The first-order chi connectivity index (χ1) is 10.2. The zero-order chi connectivity index (χ0) is 15.1. The molecule has 112 valence electrons. The fourth-order valence-electron chi connectivity index (χ4n) is 2.15. The highest BCUT2D eigenvalue weighted by molar-refractivity contribution is 6.31. The van der Waals surface area contributed by atoms with E-state index >= 15 is 0 Å². The molecule has 0 spiro atoms. The molecule has 0 radical (unpaired) electrons. The molecular formula is C16H18ClNO3. The molecule has 0 aliphatic heterocycles. The first-order valence-corrected chi connectivity index (χ1v) is 7.36. The summed E-state index contributed by atoms with van der Waals surface area (Å²) in [6, 6.07) is 7.28. The molecule has 4 nitrogen and oxygen atoms in total. The van der Waals surface area contributed by atoms with Gasteiger partial charge in [-0.2, -0.15) is 0 Å². The van der Waals surface area contributed by atoms with Crippen LogP contribution in [0.3, 0.4) is 0 Å². The number of halogens is 1. The zero-order valence-corrected chi connectivity index (χ0v) is 12.4. The maximum Gasteiger partial charge on any atom is 0.309 e. The standard InChI is InChI=1S/C16H18ClNO3/c17-14-9-5-4-8-13(14)10-18-15(19)11-21-16(20)12-6-2-1-3-7-12/h1-2,4-5,8-9,12H,3,6-7,10-11H2,(H,18,19)/t12-/m0/s1. The molecule has 1 aromatic carbocycles. The van der Waals surface area contributed by atoms with Crippen molar-refractivity contribution >= 4 is 23.5 Å². The average molecular weight is 308 g/mol. The van der Waals surface area contributed by atoms with Crippen LogP contribution in [0.25, 0.3) is 0 Å². The van der Waals surface area contributed by atoms with Crippen LogP contribution in [0.15, 0.2) is 36.4 Å². The van der Waals surface area contributed by atoms with Crippen molar-refractivity contribution in [3.8, 4) is 0 Å². The average Bonchev–Trinajstić information content (AvgIpc) is 2.52. The number of hydrogen-bond acceptors (Lipinski definition) is 3. The van der Waals surface area contributed by atoms with Crippen LogP contribution in [0.1, 0.15) is 24.8 Å². The van der Waals surface area contributed by atoms with Crippen molar-refractivity contribution in [3.05, 3.63) is 47.0 Å². The van der Waals surface area contributed by atoms with Crippen LogP contribution >= 0.6 is 11.6 Å². The summed E-state index contributed by atoms with van der Waals surface area (Å²) in [5.74, 6) is -0.742. The van der Waals surface area contributed by atoms with Crippen molar-refractivity contribution < 1.29 is 14.3 Å². The maximum atomic E-state index is 11.8. The van der Waals surface area contributed by atoms with E-state index < -0.39 is 0 Å². The van der Waals surface area contributed by atoms with E-state index in [1.807, 2.05) is 24.3 Å².